The van der Waals surface area contributed by atoms with Crippen molar-refractivity contribution in [2.24, 2.45) is 0 Å². The van der Waals surface area contributed by atoms with E-state index in [-0.39, 0.29) is 12.6 Å². The predicted octanol–water partition coefficient (Wildman–Crippen LogP) is 3.38. The normalized spacial score (nSPS) is 12.2. The van der Waals surface area contributed by atoms with Gasteiger partial charge in [-0.25, -0.2) is 4.79 Å². The number of rotatable bonds is 8. The maximum absolute atomic E-state index is 12.7. The van der Waals surface area contributed by atoms with Gasteiger partial charge in [-0.3, -0.25) is 0 Å². The molecule has 0 saturated heterocycles. The van der Waals surface area contributed by atoms with E-state index in [0.29, 0.717) is 24.5 Å². The fraction of sp³-hybridized carbons (Fsp3) is 0.348. The largest absolute Gasteiger partial charge is 0.491 e. The number of hydrogen-bond donors (Lipinski definition) is 2. The Labute approximate surface area is 171 Å². The van der Waals surface area contributed by atoms with Crippen LogP contribution in [0.2, 0.25) is 0 Å². The van der Waals surface area contributed by atoms with Crippen LogP contribution < -0.4 is 10.1 Å². The predicted molar refractivity (Wildman–Crippen MR) is 114 cm³/mol. The van der Waals surface area contributed by atoms with E-state index in [4.69, 9.17) is 9.47 Å². The second-order valence-electron chi connectivity index (χ2n) is 7.00. The van der Waals surface area contributed by atoms with Crippen molar-refractivity contribution in [3.05, 3.63) is 59.3 Å². The standard InChI is InChI=1S/C23H28N2O4/c1-5-28-23(27)22-16(3)25(20-9-7-6-8-15(20)2)21-11-10-18(12-19(21)22)29-14-17(26)13-24-4/h6-12,17,24,26H,5,13-14H2,1-4H3. The maximum atomic E-state index is 12.7. The second kappa shape index (κ2) is 9.11. The molecule has 1 aromatic heterocycles. The summed E-state index contributed by atoms with van der Waals surface area (Å²) in [7, 11) is 1.78. The molecular weight excluding hydrogens is 368 g/mol. The number of carbonyl (C=O) groups excluding carboxylic acids is 1. The molecule has 0 aliphatic heterocycles. The highest BCUT2D eigenvalue weighted by atomic mass is 16.5. The van der Waals surface area contributed by atoms with E-state index >= 15 is 0 Å². The van der Waals surface area contributed by atoms with Gasteiger partial charge in [-0.2, -0.15) is 0 Å². The van der Waals surface area contributed by atoms with Crippen molar-refractivity contribution >= 4 is 16.9 Å². The average molecular weight is 396 g/mol. The Bertz CT molecular complexity index is 1010. The third kappa shape index (κ3) is 4.28. The zero-order valence-electron chi connectivity index (χ0n) is 17.4. The van der Waals surface area contributed by atoms with E-state index in [1.807, 2.05) is 56.3 Å². The van der Waals surface area contributed by atoms with Gasteiger partial charge in [0.15, 0.2) is 0 Å². The Morgan fingerprint density at radius 3 is 2.66 bits per heavy atom. The molecule has 0 radical (unpaired) electrons. The van der Waals surface area contributed by atoms with E-state index in [2.05, 4.69) is 9.88 Å². The van der Waals surface area contributed by atoms with Crippen molar-refractivity contribution in [1.82, 2.24) is 9.88 Å². The number of carbonyl (C=O) groups is 1. The van der Waals surface area contributed by atoms with Crippen LogP contribution in [0.3, 0.4) is 0 Å². The summed E-state index contributed by atoms with van der Waals surface area (Å²) >= 11 is 0. The fourth-order valence-electron chi connectivity index (χ4n) is 3.56. The van der Waals surface area contributed by atoms with E-state index in [0.717, 1.165) is 27.8 Å². The lowest BCUT2D eigenvalue weighted by molar-refractivity contribution is 0.0527. The molecule has 0 saturated carbocycles. The number of nitrogens with zero attached hydrogens (tertiary/aromatic N) is 1. The molecule has 2 aromatic carbocycles. The number of para-hydroxylation sites is 1. The lowest BCUT2D eigenvalue weighted by atomic mass is 10.1. The van der Waals surface area contributed by atoms with Crippen molar-refractivity contribution in [2.75, 3.05) is 26.8 Å². The average Bonchev–Trinajstić information content (AvgIpc) is 2.98. The molecule has 0 amide bonds. The van der Waals surface area contributed by atoms with Crippen LogP contribution in [0, 0.1) is 13.8 Å². The molecular formula is C23H28N2O4. The molecule has 0 aliphatic rings. The molecule has 1 heterocycles. The van der Waals surface area contributed by atoms with Gasteiger partial charge in [0, 0.05) is 23.3 Å². The summed E-state index contributed by atoms with van der Waals surface area (Å²) in [5.41, 5.74) is 4.39. The summed E-state index contributed by atoms with van der Waals surface area (Å²) < 4.78 is 13.2. The topological polar surface area (TPSA) is 72.7 Å². The first kappa shape index (κ1) is 20.9. The molecule has 1 unspecified atom stereocenters. The van der Waals surface area contributed by atoms with Crippen molar-refractivity contribution in [3.8, 4) is 11.4 Å². The maximum Gasteiger partial charge on any atom is 0.340 e. The number of aryl methyl sites for hydroxylation is 1. The van der Waals surface area contributed by atoms with Crippen molar-refractivity contribution in [3.63, 3.8) is 0 Å². The zero-order chi connectivity index (χ0) is 21.0. The summed E-state index contributed by atoms with van der Waals surface area (Å²) in [6.45, 7) is 6.69. The van der Waals surface area contributed by atoms with Gasteiger partial charge in [-0.1, -0.05) is 18.2 Å². The second-order valence-corrected chi connectivity index (χ2v) is 7.00. The Balaban J connectivity index is 2.12. The first-order valence-corrected chi connectivity index (χ1v) is 9.81. The summed E-state index contributed by atoms with van der Waals surface area (Å²) in [5, 5.41) is 13.6. The highest BCUT2D eigenvalue weighted by molar-refractivity contribution is 6.07. The van der Waals surface area contributed by atoms with Gasteiger partial charge in [0.05, 0.1) is 17.7 Å². The molecule has 154 valence electrons. The van der Waals surface area contributed by atoms with Crippen LogP contribution in [-0.4, -0.2) is 48.6 Å². The molecule has 29 heavy (non-hydrogen) atoms. The molecule has 6 heteroatoms. The van der Waals surface area contributed by atoms with Crippen molar-refractivity contribution < 1.29 is 19.4 Å². The van der Waals surface area contributed by atoms with Gasteiger partial charge in [-0.05, 0) is 57.6 Å². The van der Waals surface area contributed by atoms with Gasteiger partial charge in [0.2, 0.25) is 0 Å². The van der Waals surface area contributed by atoms with Crippen molar-refractivity contribution in [2.45, 2.75) is 26.9 Å². The summed E-state index contributed by atoms with van der Waals surface area (Å²) in [6.07, 6.45) is -0.612. The number of aliphatic hydroxyl groups is 1. The number of ether oxygens (including phenoxy) is 2. The SMILES string of the molecule is CCOC(=O)c1c(C)n(-c2ccccc2C)c2ccc(OCC(O)CNC)cc12. The minimum absolute atomic E-state index is 0.165. The summed E-state index contributed by atoms with van der Waals surface area (Å²) in [5.74, 6) is 0.245. The fourth-order valence-corrected chi connectivity index (χ4v) is 3.56. The number of esters is 1. The van der Waals surface area contributed by atoms with E-state index in [9.17, 15) is 9.90 Å². The van der Waals surface area contributed by atoms with Crippen LogP contribution in [0.1, 0.15) is 28.5 Å². The minimum atomic E-state index is -0.612. The molecule has 0 bridgehead atoms. The lowest BCUT2D eigenvalue weighted by Crippen LogP contribution is -2.29. The van der Waals surface area contributed by atoms with Gasteiger partial charge in [0.25, 0.3) is 0 Å². The summed E-state index contributed by atoms with van der Waals surface area (Å²) in [6, 6.07) is 13.7. The molecule has 0 aliphatic carbocycles. The van der Waals surface area contributed by atoms with Gasteiger partial charge in [-0.15, -0.1) is 0 Å². The van der Waals surface area contributed by atoms with E-state index in [1.54, 1.807) is 14.0 Å². The Morgan fingerprint density at radius 1 is 1.21 bits per heavy atom. The van der Waals surface area contributed by atoms with E-state index in [1.165, 1.54) is 0 Å². The number of fused-ring (bicyclic) bond motifs is 1. The van der Waals surface area contributed by atoms with Crippen LogP contribution >= 0.6 is 0 Å². The molecule has 3 aromatic rings. The smallest absolute Gasteiger partial charge is 0.340 e. The first-order valence-electron chi connectivity index (χ1n) is 9.81. The number of aromatic nitrogens is 1. The van der Waals surface area contributed by atoms with Crippen molar-refractivity contribution in [1.29, 1.82) is 0 Å². The van der Waals surface area contributed by atoms with E-state index < -0.39 is 6.10 Å². The van der Waals surface area contributed by atoms with Gasteiger partial charge < -0.3 is 24.5 Å². The van der Waals surface area contributed by atoms with Gasteiger partial charge in [0.1, 0.15) is 18.5 Å². The molecule has 0 fully saturated rings. The van der Waals surface area contributed by atoms with Crippen LogP contribution in [0.25, 0.3) is 16.6 Å². The number of benzene rings is 2. The molecule has 2 N–H and O–H groups in total. The monoisotopic (exact) mass is 396 g/mol. The number of hydrogen-bond acceptors (Lipinski definition) is 5. The number of aliphatic hydroxyl groups excluding tert-OH is 1. The highest BCUT2D eigenvalue weighted by Crippen LogP contribution is 2.33. The molecule has 1 atom stereocenters. The minimum Gasteiger partial charge on any atom is -0.491 e. The van der Waals surface area contributed by atoms with Crippen LogP contribution in [0.15, 0.2) is 42.5 Å². The number of likely N-dealkylation sites (N-methyl/N-ethyl adjacent to an activating group) is 1. The van der Waals surface area contributed by atoms with Crippen LogP contribution in [-0.2, 0) is 4.74 Å². The molecule has 6 nitrogen and oxygen atoms in total. The zero-order valence-corrected chi connectivity index (χ0v) is 17.4. The Morgan fingerprint density at radius 2 is 1.97 bits per heavy atom. The Kier molecular flexibility index (Phi) is 6.56. The molecule has 3 rings (SSSR count). The third-order valence-corrected chi connectivity index (χ3v) is 4.89. The quantitative estimate of drug-likeness (QED) is 0.571. The highest BCUT2D eigenvalue weighted by Gasteiger charge is 2.23. The summed E-state index contributed by atoms with van der Waals surface area (Å²) in [4.78, 5) is 12.7. The first-order chi connectivity index (χ1) is 14.0. The molecule has 0 spiro atoms. The Hall–Kier alpha value is -2.83. The van der Waals surface area contributed by atoms with Crippen LogP contribution in [0.4, 0.5) is 0 Å². The van der Waals surface area contributed by atoms with Crippen LogP contribution in [0.5, 0.6) is 5.75 Å². The lowest BCUT2D eigenvalue weighted by Gasteiger charge is -2.13. The third-order valence-electron chi connectivity index (χ3n) is 4.89. The number of nitrogens with one attached hydrogen (secondary N) is 1. The van der Waals surface area contributed by atoms with Gasteiger partial charge >= 0.3 is 5.97 Å².